The number of benzene rings is 1. The van der Waals surface area contributed by atoms with Crippen molar-refractivity contribution in [3.8, 4) is 11.8 Å². The standard InChI is InChI=1S/C12H13ClN2O/c1-16-12-5-2-8(6-10(12)13)11(7-14)15-9-3-4-9/h2,5-6,9,11,15H,3-4H2,1H3. The van der Waals surface area contributed by atoms with Gasteiger partial charge in [0.1, 0.15) is 11.8 Å². The molecular weight excluding hydrogens is 224 g/mol. The number of hydrogen-bond donors (Lipinski definition) is 1. The molecule has 1 N–H and O–H groups in total. The molecule has 0 bridgehead atoms. The van der Waals surface area contributed by atoms with Crippen LogP contribution in [0.3, 0.4) is 0 Å². The second-order valence-electron chi connectivity index (χ2n) is 3.90. The smallest absolute Gasteiger partial charge is 0.137 e. The zero-order chi connectivity index (χ0) is 11.5. The van der Waals surface area contributed by atoms with Gasteiger partial charge in [-0.15, -0.1) is 0 Å². The molecule has 0 radical (unpaired) electrons. The Kier molecular flexibility index (Phi) is 3.33. The van der Waals surface area contributed by atoms with Crippen molar-refractivity contribution < 1.29 is 4.74 Å². The van der Waals surface area contributed by atoms with Gasteiger partial charge in [-0.1, -0.05) is 17.7 Å². The van der Waals surface area contributed by atoms with Crippen molar-refractivity contribution >= 4 is 11.6 Å². The van der Waals surface area contributed by atoms with Crippen LogP contribution in [-0.2, 0) is 0 Å². The van der Waals surface area contributed by atoms with E-state index in [4.69, 9.17) is 21.6 Å². The molecule has 1 aliphatic rings. The fourth-order valence-corrected chi connectivity index (χ4v) is 1.82. The van der Waals surface area contributed by atoms with Crippen molar-refractivity contribution in [2.45, 2.75) is 24.9 Å². The van der Waals surface area contributed by atoms with Crippen LogP contribution in [0.5, 0.6) is 5.75 Å². The Morgan fingerprint density at radius 2 is 2.31 bits per heavy atom. The lowest BCUT2D eigenvalue weighted by molar-refractivity contribution is 0.414. The minimum Gasteiger partial charge on any atom is -0.495 e. The van der Waals surface area contributed by atoms with E-state index in [0.717, 1.165) is 18.4 Å². The molecule has 1 aromatic rings. The van der Waals surface area contributed by atoms with Crippen LogP contribution in [-0.4, -0.2) is 13.2 Å². The van der Waals surface area contributed by atoms with Crippen LogP contribution >= 0.6 is 11.6 Å². The monoisotopic (exact) mass is 236 g/mol. The van der Waals surface area contributed by atoms with E-state index < -0.39 is 0 Å². The van der Waals surface area contributed by atoms with Gasteiger partial charge in [0, 0.05) is 6.04 Å². The van der Waals surface area contributed by atoms with E-state index in [2.05, 4.69) is 11.4 Å². The SMILES string of the molecule is COc1ccc(C(C#N)NC2CC2)cc1Cl. The summed E-state index contributed by atoms with van der Waals surface area (Å²) < 4.78 is 5.07. The average Bonchev–Trinajstić information content (AvgIpc) is 3.09. The Labute approximate surface area is 100.0 Å². The molecule has 0 spiro atoms. The number of nitrogens with one attached hydrogen (secondary N) is 1. The summed E-state index contributed by atoms with van der Waals surface area (Å²) in [7, 11) is 1.57. The number of nitriles is 1. The topological polar surface area (TPSA) is 45.0 Å². The van der Waals surface area contributed by atoms with Crippen LogP contribution < -0.4 is 10.1 Å². The van der Waals surface area contributed by atoms with E-state index in [9.17, 15) is 0 Å². The van der Waals surface area contributed by atoms with Gasteiger partial charge >= 0.3 is 0 Å². The Morgan fingerprint density at radius 1 is 1.56 bits per heavy atom. The van der Waals surface area contributed by atoms with Gasteiger partial charge in [0.25, 0.3) is 0 Å². The lowest BCUT2D eigenvalue weighted by Crippen LogP contribution is -2.21. The number of rotatable bonds is 4. The van der Waals surface area contributed by atoms with Crippen molar-refractivity contribution in [1.82, 2.24) is 5.32 Å². The van der Waals surface area contributed by atoms with E-state index >= 15 is 0 Å². The number of halogens is 1. The Morgan fingerprint density at radius 3 is 2.81 bits per heavy atom. The molecule has 1 fully saturated rings. The molecule has 16 heavy (non-hydrogen) atoms. The molecule has 3 nitrogen and oxygen atoms in total. The number of methoxy groups -OCH3 is 1. The summed E-state index contributed by atoms with van der Waals surface area (Å²) in [6, 6.07) is 7.89. The summed E-state index contributed by atoms with van der Waals surface area (Å²) in [6.45, 7) is 0. The van der Waals surface area contributed by atoms with Crippen LogP contribution in [0.25, 0.3) is 0 Å². The van der Waals surface area contributed by atoms with Crippen LogP contribution in [0.1, 0.15) is 24.4 Å². The van der Waals surface area contributed by atoms with E-state index in [1.165, 1.54) is 0 Å². The molecular formula is C12H13ClN2O. The highest BCUT2D eigenvalue weighted by atomic mass is 35.5. The van der Waals surface area contributed by atoms with Crippen molar-refractivity contribution in [2.24, 2.45) is 0 Å². The molecule has 0 heterocycles. The lowest BCUT2D eigenvalue weighted by atomic mass is 10.1. The van der Waals surface area contributed by atoms with Crippen molar-refractivity contribution in [3.63, 3.8) is 0 Å². The first-order valence-electron chi connectivity index (χ1n) is 5.23. The maximum absolute atomic E-state index is 9.09. The van der Waals surface area contributed by atoms with Crippen LogP contribution in [0.2, 0.25) is 5.02 Å². The summed E-state index contributed by atoms with van der Waals surface area (Å²) in [5, 5.41) is 12.9. The Balaban J connectivity index is 2.17. The molecule has 1 aromatic carbocycles. The maximum atomic E-state index is 9.09. The van der Waals surface area contributed by atoms with E-state index in [0.29, 0.717) is 16.8 Å². The number of hydrogen-bond acceptors (Lipinski definition) is 3. The van der Waals surface area contributed by atoms with Crippen molar-refractivity contribution in [2.75, 3.05) is 7.11 Å². The molecule has 0 amide bonds. The fourth-order valence-electron chi connectivity index (χ4n) is 1.56. The van der Waals surface area contributed by atoms with E-state index in [-0.39, 0.29) is 6.04 Å². The zero-order valence-electron chi connectivity index (χ0n) is 9.03. The van der Waals surface area contributed by atoms with Crippen LogP contribution in [0, 0.1) is 11.3 Å². The molecule has 0 saturated heterocycles. The number of ether oxygens (including phenoxy) is 1. The predicted octanol–water partition coefficient (Wildman–Crippen LogP) is 2.67. The first kappa shape index (κ1) is 11.3. The molecule has 2 rings (SSSR count). The molecule has 1 unspecified atom stereocenters. The van der Waals surface area contributed by atoms with Gasteiger partial charge in [-0.25, -0.2) is 0 Å². The summed E-state index contributed by atoms with van der Waals surface area (Å²) in [5.74, 6) is 0.633. The summed E-state index contributed by atoms with van der Waals surface area (Å²) in [4.78, 5) is 0. The molecule has 1 aliphatic carbocycles. The quantitative estimate of drug-likeness (QED) is 0.874. The lowest BCUT2D eigenvalue weighted by Gasteiger charge is -2.12. The normalized spacial score (nSPS) is 16.6. The van der Waals surface area contributed by atoms with Gasteiger partial charge in [0.05, 0.1) is 18.2 Å². The van der Waals surface area contributed by atoms with E-state index in [1.54, 1.807) is 19.2 Å². The highest BCUT2D eigenvalue weighted by molar-refractivity contribution is 6.32. The maximum Gasteiger partial charge on any atom is 0.137 e. The third-order valence-electron chi connectivity index (χ3n) is 2.62. The van der Waals surface area contributed by atoms with Crippen molar-refractivity contribution in [1.29, 1.82) is 5.26 Å². The second-order valence-corrected chi connectivity index (χ2v) is 4.30. The highest BCUT2D eigenvalue weighted by Gasteiger charge is 2.25. The van der Waals surface area contributed by atoms with Gasteiger partial charge in [0.2, 0.25) is 0 Å². The fraction of sp³-hybridized carbons (Fsp3) is 0.417. The van der Waals surface area contributed by atoms with Gasteiger partial charge in [-0.2, -0.15) is 5.26 Å². The van der Waals surface area contributed by atoms with Crippen LogP contribution in [0.4, 0.5) is 0 Å². The van der Waals surface area contributed by atoms with E-state index in [1.807, 2.05) is 6.07 Å². The number of nitrogens with zero attached hydrogens (tertiary/aromatic N) is 1. The Bertz CT molecular complexity index is 424. The summed E-state index contributed by atoms with van der Waals surface area (Å²) in [5.41, 5.74) is 0.889. The molecule has 0 aromatic heterocycles. The highest BCUT2D eigenvalue weighted by Crippen LogP contribution is 2.29. The molecule has 0 aliphatic heterocycles. The molecule has 1 saturated carbocycles. The molecule has 84 valence electrons. The minimum atomic E-state index is -0.282. The first-order chi connectivity index (χ1) is 7.74. The minimum absolute atomic E-state index is 0.282. The van der Waals surface area contributed by atoms with Gasteiger partial charge in [-0.3, -0.25) is 5.32 Å². The molecule has 4 heteroatoms. The Hall–Kier alpha value is -1.24. The third-order valence-corrected chi connectivity index (χ3v) is 2.91. The van der Waals surface area contributed by atoms with Gasteiger partial charge in [-0.05, 0) is 30.5 Å². The van der Waals surface area contributed by atoms with Crippen molar-refractivity contribution in [3.05, 3.63) is 28.8 Å². The predicted molar refractivity (Wildman–Crippen MR) is 62.5 cm³/mol. The van der Waals surface area contributed by atoms with Gasteiger partial charge in [0.15, 0.2) is 0 Å². The summed E-state index contributed by atoms with van der Waals surface area (Å²) in [6.07, 6.45) is 2.31. The molecule has 1 atom stereocenters. The second kappa shape index (κ2) is 4.73. The average molecular weight is 237 g/mol. The van der Waals surface area contributed by atoms with Crippen LogP contribution in [0.15, 0.2) is 18.2 Å². The zero-order valence-corrected chi connectivity index (χ0v) is 9.79. The first-order valence-corrected chi connectivity index (χ1v) is 5.61. The third kappa shape index (κ3) is 2.46. The van der Waals surface area contributed by atoms with Gasteiger partial charge < -0.3 is 4.74 Å². The largest absolute Gasteiger partial charge is 0.495 e. The summed E-state index contributed by atoms with van der Waals surface area (Å²) >= 11 is 6.02.